The first kappa shape index (κ1) is 13.5. The van der Waals surface area contributed by atoms with Gasteiger partial charge in [-0.15, -0.1) is 0 Å². The van der Waals surface area contributed by atoms with Crippen molar-refractivity contribution in [1.29, 1.82) is 0 Å². The Balaban J connectivity index is 2.25. The molecular weight excluding hydrogens is 238 g/mol. The highest BCUT2D eigenvalue weighted by molar-refractivity contribution is 6.15. The zero-order chi connectivity index (χ0) is 14.2. The monoisotopic (exact) mass is 257 g/mol. The maximum atomic E-state index is 11.8. The molecule has 1 aliphatic rings. The molecule has 0 saturated carbocycles. The number of benzene rings is 1. The first-order valence-corrected chi connectivity index (χ1v) is 6.41. The number of imide groups is 1. The lowest BCUT2D eigenvalue weighted by atomic mass is 9.86. The first-order chi connectivity index (χ1) is 8.79. The van der Waals surface area contributed by atoms with Crippen LogP contribution >= 0.6 is 0 Å². The minimum Gasteiger partial charge on any atom is -0.282 e. The van der Waals surface area contributed by atoms with Gasteiger partial charge in [0.2, 0.25) is 5.91 Å². The van der Waals surface area contributed by atoms with Crippen LogP contribution in [-0.4, -0.2) is 23.8 Å². The molecule has 0 aliphatic carbocycles. The van der Waals surface area contributed by atoms with Gasteiger partial charge in [0, 0.05) is 12.6 Å². The van der Waals surface area contributed by atoms with Crippen LogP contribution in [0.4, 0.5) is 0 Å². The fraction of sp³-hybridized carbons (Fsp3) is 0.375. The molecule has 1 fully saturated rings. The van der Waals surface area contributed by atoms with Gasteiger partial charge in [-0.1, -0.05) is 45.0 Å². The van der Waals surface area contributed by atoms with Crippen molar-refractivity contribution in [3.8, 4) is 0 Å². The number of hydrogen-bond donors (Lipinski definition) is 0. The van der Waals surface area contributed by atoms with Crippen molar-refractivity contribution in [2.24, 2.45) is 0 Å². The summed E-state index contributed by atoms with van der Waals surface area (Å²) >= 11 is 0. The van der Waals surface area contributed by atoms with Crippen molar-refractivity contribution < 1.29 is 9.59 Å². The van der Waals surface area contributed by atoms with Crippen LogP contribution in [0.1, 0.15) is 38.3 Å². The number of carbonyl (C=O) groups is 2. The van der Waals surface area contributed by atoms with Gasteiger partial charge in [-0.2, -0.15) is 0 Å². The second-order valence-corrected chi connectivity index (χ2v) is 5.98. The minimum atomic E-state index is -0.190. The van der Waals surface area contributed by atoms with Crippen molar-refractivity contribution in [1.82, 2.24) is 4.90 Å². The Labute approximate surface area is 113 Å². The van der Waals surface area contributed by atoms with Gasteiger partial charge < -0.3 is 0 Å². The van der Waals surface area contributed by atoms with Gasteiger partial charge in [-0.25, -0.2) is 0 Å². The number of amides is 2. The standard InChI is InChI=1S/C16H19NO2/c1-16(2,3)13-7-5-11(6-8-13)9-12-10-14(18)17(4)15(12)19/h5-9H,10H2,1-4H3/b12-9+. The van der Waals surface area contributed by atoms with E-state index < -0.39 is 0 Å². The average Bonchev–Trinajstić information content (AvgIpc) is 2.57. The van der Waals surface area contributed by atoms with Crippen LogP contribution in [0.25, 0.3) is 6.08 Å². The quantitative estimate of drug-likeness (QED) is 0.573. The molecule has 1 heterocycles. The fourth-order valence-corrected chi connectivity index (χ4v) is 2.08. The van der Waals surface area contributed by atoms with E-state index in [0.29, 0.717) is 5.57 Å². The summed E-state index contributed by atoms with van der Waals surface area (Å²) in [6.45, 7) is 6.48. The van der Waals surface area contributed by atoms with Gasteiger partial charge >= 0.3 is 0 Å². The van der Waals surface area contributed by atoms with E-state index in [1.807, 2.05) is 12.1 Å². The Kier molecular flexibility index (Phi) is 3.31. The highest BCUT2D eigenvalue weighted by atomic mass is 16.2. The predicted molar refractivity (Wildman–Crippen MR) is 75.5 cm³/mol. The van der Waals surface area contributed by atoms with Crippen LogP contribution in [0.15, 0.2) is 29.8 Å². The smallest absolute Gasteiger partial charge is 0.256 e. The Morgan fingerprint density at radius 2 is 1.68 bits per heavy atom. The van der Waals surface area contributed by atoms with E-state index in [9.17, 15) is 9.59 Å². The molecule has 0 aromatic heterocycles. The molecule has 1 aliphatic heterocycles. The largest absolute Gasteiger partial charge is 0.282 e. The molecule has 1 aromatic rings. The molecule has 0 N–H and O–H groups in total. The lowest BCUT2D eigenvalue weighted by Gasteiger charge is -2.18. The van der Waals surface area contributed by atoms with Crippen LogP contribution < -0.4 is 0 Å². The highest BCUT2D eigenvalue weighted by Crippen LogP contribution is 2.24. The van der Waals surface area contributed by atoms with Gasteiger partial charge in [0.15, 0.2) is 0 Å². The number of likely N-dealkylation sites (tertiary alicyclic amines) is 1. The van der Waals surface area contributed by atoms with Crippen LogP contribution in [0.5, 0.6) is 0 Å². The number of rotatable bonds is 1. The maximum Gasteiger partial charge on any atom is 0.256 e. The maximum absolute atomic E-state index is 11.8. The zero-order valence-electron chi connectivity index (χ0n) is 11.9. The number of carbonyl (C=O) groups excluding carboxylic acids is 2. The van der Waals surface area contributed by atoms with Crippen molar-refractivity contribution in [2.75, 3.05) is 7.05 Å². The van der Waals surface area contributed by atoms with Gasteiger partial charge in [0.25, 0.3) is 5.91 Å². The third-order valence-corrected chi connectivity index (χ3v) is 3.41. The van der Waals surface area contributed by atoms with Gasteiger partial charge in [0.05, 0.1) is 6.42 Å². The summed E-state index contributed by atoms with van der Waals surface area (Å²) in [5, 5.41) is 0. The average molecular weight is 257 g/mol. The molecule has 2 amide bonds. The van der Waals surface area contributed by atoms with E-state index in [1.54, 1.807) is 6.08 Å². The van der Waals surface area contributed by atoms with E-state index in [0.717, 1.165) is 5.56 Å². The summed E-state index contributed by atoms with van der Waals surface area (Å²) < 4.78 is 0. The Hall–Kier alpha value is -1.90. The minimum absolute atomic E-state index is 0.116. The second kappa shape index (κ2) is 4.65. The number of nitrogens with zero attached hydrogens (tertiary/aromatic N) is 1. The molecule has 3 heteroatoms. The van der Waals surface area contributed by atoms with Crippen LogP contribution in [0.2, 0.25) is 0 Å². The Morgan fingerprint density at radius 1 is 1.11 bits per heavy atom. The summed E-state index contributed by atoms with van der Waals surface area (Å²) in [6.07, 6.45) is 2.01. The van der Waals surface area contributed by atoms with Crippen LogP contribution in [-0.2, 0) is 15.0 Å². The number of hydrogen-bond acceptors (Lipinski definition) is 2. The predicted octanol–water partition coefficient (Wildman–Crippen LogP) is 2.76. The Bertz CT molecular complexity index is 547. The lowest BCUT2D eigenvalue weighted by molar-refractivity contribution is -0.135. The summed E-state index contributed by atoms with van der Waals surface area (Å²) in [5.41, 5.74) is 2.89. The lowest BCUT2D eigenvalue weighted by Crippen LogP contribution is -2.23. The normalized spacial score (nSPS) is 18.5. The SMILES string of the molecule is CN1C(=O)C/C(=C\c2ccc(C(C)(C)C)cc2)C1=O. The highest BCUT2D eigenvalue weighted by Gasteiger charge is 2.30. The summed E-state index contributed by atoms with van der Waals surface area (Å²) in [4.78, 5) is 24.4. The molecule has 0 unspecified atom stereocenters. The van der Waals surface area contributed by atoms with Gasteiger partial charge in [0.1, 0.15) is 0 Å². The van der Waals surface area contributed by atoms with E-state index in [-0.39, 0.29) is 23.7 Å². The molecule has 19 heavy (non-hydrogen) atoms. The fourth-order valence-electron chi connectivity index (χ4n) is 2.08. The van der Waals surface area contributed by atoms with E-state index in [2.05, 4.69) is 32.9 Å². The molecule has 2 rings (SSSR count). The van der Waals surface area contributed by atoms with E-state index in [4.69, 9.17) is 0 Å². The second-order valence-electron chi connectivity index (χ2n) is 5.98. The first-order valence-electron chi connectivity index (χ1n) is 6.41. The zero-order valence-corrected chi connectivity index (χ0v) is 11.9. The summed E-state index contributed by atoms with van der Waals surface area (Å²) in [7, 11) is 1.52. The molecule has 3 nitrogen and oxygen atoms in total. The summed E-state index contributed by atoms with van der Waals surface area (Å²) in [5.74, 6) is -0.326. The molecule has 100 valence electrons. The van der Waals surface area contributed by atoms with Gasteiger partial charge in [-0.3, -0.25) is 14.5 Å². The third-order valence-electron chi connectivity index (χ3n) is 3.41. The van der Waals surface area contributed by atoms with E-state index >= 15 is 0 Å². The molecule has 0 bridgehead atoms. The molecule has 0 spiro atoms. The molecule has 1 aromatic carbocycles. The summed E-state index contributed by atoms with van der Waals surface area (Å²) in [6, 6.07) is 8.11. The van der Waals surface area contributed by atoms with Crippen LogP contribution in [0, 0.1) is 0 Å². The molecular formula is C16H19NO2. The Morgan fingerprint density at radius 3 is 2.11 bits per heavy atom. The van der Waals surface area contributed by atoms with Crippen molar-refractivity contribution in [3.05, 3.63) is 41.0 Å². The molecule has 0 radical (unpaired) electrons. The van der Waals surface area contributed by atoms with E-state index in [1.165, 1.54) is 17.5 Å². The van der Waals surface area contributed by atoms with Crippen molar-refractivity contribution in [3.63, 3.8) is 0 Å². The molecule has 0 atom stereocenters. The molecule has 1 saturated heterocycles. The van der Waals surface area contributed by atoms with Crippen molar-refractivity contribution in [2.45, 2.75) is 32.6 Å². The topological polar surface area (TPSA) is 37.4 Å². The van der Waals surface area contributed by atoms with Gasteiger partial charge in [-0.05, 0) is 22.6 Å². The third kappa shape index (κ3) is 2.75. The van der Waals surface area contributed by atoms with Crippen molar-refractivity contribution >= 4 is 17.9 Å². The number of likely N-dealkylation sites (N-methyl/N-ethyl adjacent to an activating group) is 1. The van der Waals surface area contributed by atoms with Crippen LogP contribution in [0.3, 0.4) is 0 Å².